The molecule has 35 heavy (non-hydrogen) atoms. The van der Waals surface area contributed by atoms with Gasteiger partial charge in [-0.3, -0.25) is 0 Å². The smallest absolute Gasteiger partial charge is 0.304 e. The third-order valence-electron chi connectivity index (χ3n) is 9.63. The number of fused-ring (bicyclic) bond motifs is 5. The van der Waals surface area contributed by atoms with Gasteiger partial charge in [0.2, 0.25) is 0 Å². The van der Waals surface area contributed by atoms with Crippen molar-refractivity contribution in [3.63, 3.8) is 0 Å². The molecule has 0 heterocycles. The molecule has 3 N–H and O–H groups in total. The van der Waals surface area contributed by atoms with Gasteiger partial charge in [-0.25, -0.2) is 4.39 Å². The molecule has 4 rings (SSSR count). The Hall–Kier alpha value is -1.79. The van der Waals surface area contributed by atoms with Crippen molar-refractivity contribution in [1.82, 2.24) is 0 Å². The molecule has 0 spiro atoms. The Bertz CT molecular complexity index is 958. The summed E-state index contributed by atoms with van der Waals surface area (Å²) in [4.78, 5) is 0. The van der Waals surface area contributed by atoms with Gasteiger partial charge >= 0.3 is 6.08 Å². The number of aryl methyl sites for hydroxylation is 1. The van der Waals surface area contributed by atoms with E-state index in [-0.39, 0.29) is 23.4 Å². The molecule has 2 saturated carbocycles. The molecule has 3 aliphatic carbocycles. The molecule has 2 fully saturated rings. The summed E-state index contributed by atoms with van der Waals surface area (Å²) >= 11 is 0. The molecule has 3 aliphatic rings. The Kier molecular flexibility index (Phi) is 7.73. The highest BCUT2D eigenvalue weighted by molar-refractivity contribution is 5.43. The zero-order valence-electron chi connectivity index (χ0n) is 20.7. The Balaban J connectivity index is 1.49. The summed E-state index contributed by atoms with van der Waals surface area (Å²) in [7, 11) is 0. The number of aromatic hydroxyl groups is 1. The first kappa shape index (κ1) is 26.3. The quantitative estimate of drug-likeness (QED) is 0.253. The van der Waals surface area contributed by atoms with Crippen molar-refractivity contribution < 1.29 is 28.5 Å². The zero-order chi connectivity index (χ0) is 25.4. The maximum atomic E-state index is 13.1. The highest BCUT2D eigenvalue weighted by atomic mass is 19.3. The van der Waals surface area contributed by atoms with E-state index < -0.39 is 18.0 Å². The van der Waals surface area contributed by atoms with Gasteiger partial charge in [0, 0.05) is 0 Å². The number of hydrogen-bond acceptors (Lipinski definition) is 3. The first-order valence-electron chi connectivity index (χ1n) is 13.2. The molecule has 194 valence electrons. The molecule has 0 unspecified atom stereocenters. The molecule has 7 atom stereocenters. The second kappa shape index (κ2) is 10.3. The number of rotatable bonds is 9. The van der Waals surface area contributed by atoms with Crippen molar-refractivity contribution in [3.05, 3.63) is 53.9 Å². The normalized spacial score (nSPS) is 34.5. The van der Waals surface area contributed by atoms with E-state index in [2.05, 4.69) is 25.6 Å². The topological polar surface area (TPSA) is 60.7 Å². The van der Waals surface area contributed by atoms with Gasteiger partial charge in [-0.2, -0.15) is 8.78 Å². The van der Waals surface area contributed by atoms with Crippen LogP contribution in [0.15, 0.2) is 42.8 Å². The lowest BCUT2D eigenvalue weighted by molar-refractivity contribution is -0.0812. The number of unbranched alkanes of at least 4 members (excludes halogenated alkanes) is 3. The van der Waals surface area contributed by atoms with Gasteiger partial charge in [0.15, 0.2) is 5.83 Å². The molecule has 0 amide bonds. The number of phenols is 1. The van der Waals surface area contributed by atoms with Crippen molar-refractivity contribution in [2.45, 2.75) is 95.7 Å². The molecule has 6 heteroatoms. The molecule has 0 aliphatic heterocycles. The number of aliphatic hydroxyl groups excluding tert-OH is 2. The molecule has 3 nitrogen and oxygen atoms in total. The fraction of sp³-hybridized carbons (Fsp3) is 0.655. The van der Waals surface area contributed by atoms with E-state index >= 15 is 0 Å². The van der Waals surface area contributed by atoms with Crippen LogP contribution in [0.4, 0.5) is 13.2 Å². The van der Waals surface area contributed by atoms with Crippen LogP contribution in [-0.2, 0) is 6.42 Å². The fourth-order valence-corrected chi connectivity index (χ4v) is 8.04. The highest BCUT2D eigenvalue weighted by Crippen LogP contribution is 2.69. The Morgan fingerprint density at radius 2 is 1.91 bits per heavy atom. The first-order chi connectivity index (χ1) is 16.6. The average Bonchev–Trinajstić information content (AvgIpc) is 3.14. The third kappa shape index (κ3) is 4.69. The Morgan fingerprint density at radius 1 is 1.17 bits per heavy atom. The monoisotopic (exact) mass is 492 g/mol. The van der Waals surface area contributed by atoms with E-state index in [0.29, 0.717) is 29.9 Å². The van der Waals surface area contributed by atoms with Crippen LogP contribution < -0.4 is 0 Å². The molecule has 0 bridgehead atoms. The lowest BCUT2D eigenvalue weighted by Gasteiger charge is -2.60. The zero-order valence-corrected chi connectivity index (χ0v) is 20.7. The van der Waals surface area contributed by atoms with Gasteiger partial charge in [-0.15, -0.1) is 6.58 Å². The van der Waals surface area contributed by atoms with Gasteiger partial charge in [0.05, 0.1) is 6.10 Å². The van der Waals surface area contributed by atoms with Gasteiger partial charge < -0.3 is 15.3 Å². The average molecular weight is 493 g/mol. The summed E-state index contributed by atoms with van der Waals surface area (Å²) < 4.78 is 37.7. The third-order valence-corrected chi connectivity index (χ3v) is 9.63. The van der Waals surface area contributed by atoms with E-state index in [9.17, 15) is 28.5 Å². The van der Waals surface area contributed by atoms with Crippen LogP contribution in [0, 0.1) is 22.7 Å². The summed E-state index contributed by atoms with van der Waals surface area (Å²) in [6.07, 6.45) is 6.40. The maximum Gasteiger partial charge on any atom is 0.304 e. The maximum absolute atomic E-state index is 13.1. The minimum absolute atomic E-state index is 0.00237. The van der Waals surface area contributed by atoms with Crippen molar-refractivity contribution in [1.29, 1.82) is 0 Å². The number of benzene rings is 1. The van der Waals surface area contributed by atoms with E-state index in [0.717, 1.165) is 57.8 Å². The number of hydrogen-bond donors (Lipinski definition) is 3. The van der Waals surface area contributed by atoms with Gasteiger partial charge in [0.1, 0.15) is 11.9 Å². The number of allylic oxidation sites excluding steroid dienone is 1. The predicted molar refractivity (Wildman–Crippen MR) is 131 cm³/mol. The second-order valence-corrected chi connectivity index (χ2v) is 11.4. The standard InChI is InChI=1S/C29H39F3O3/c1-3-29-15-14-18-16-20(33)10-11-21(18)25(29)19(17-28(2)23(29)12-13-24(28)35)8-6-4-5-7-9-22(34)26(30)27(31)32/h3,10-11,16,19,22-25,33-35H,1,4-9,12-15,17H2,2H3/t19-,22+,23+,24-,25+,28-,29-/m0/s1. The summed E-state index contributed by atoms with van der Waals surface area (Å²) in [6.45, 7) is 6.58. The van der Waals surface area contributed by atoms with Crippen LogP contribution in [0.25, 0.3) is 0 Å². The van der Waals surface area contributed by atoms with E-state index in [1.165, 1.54) is 11.1 Å². The lowest BCUT2D eigenvalue weighted by atomic mass is 9.44. The first-order valence-corrected chi connectivity index (χ1v) is 13.2. The summed E-state index contributed by atoms with van der Waals surface area (Å²) in [6, 6.07) is 5.77. The van der Waals surface area contributed by atoms with E-state index in [1.54, 1.807) is 6.07 Å². The van der Waals surface area contributed by atoms with Crippen LogP contribution in [0.2, 0.25) is 0 Å². The summed E-state index contributed by atoms with van der Waals surface area (Å²) in [5.41, 5.74) is 2.29. The summed E-state index contributed by atoms with van der Waals surface area (Å²) in [5, 5.41) is 30.6. The predicted octanol–water partition coefficient (Wildman–Crippen LogP) is 7.17. The van der Waals surface area contributed by atoms with Crippen LogP contribution in [-0.4, -0.2) is 27.5 Å². The molecule has 1 aromatic rings. The minimum atomic E-state index is -2.44. The molecule has 0 saturated heterocycles. The minimum Gasteiger partial charge on any atom is -0.508 e. The van der Waals surface area contributed by atoms with Crippen LogP contribution in [0.1, 0.15) is 88.2 Å². The van der Waals surface area contributed by atoms with Crippen molar-refractivity contribution in [3.8, 4) is 5.75 Å². The lowest BCUT2D eigenvalue weighted by Crippen LogP contribution is -2.54. The number of halogens is 3. The molecular weight excluding hydrogens is 453 g/mol. The molecule has 1 aromatic carbocycles. The SMILES string of the molecule is C=C[C@@]12CCc3cc(O)ccc3[C@H]1[C@@H](CCCCCC[C@@H](O)C(F)=C(F)F)C[C@@]1(C)[C@H]2CC[C@@H]1O. The fourth-order valence-electron chi connectivity index (χ4n) is 8.04. The van der Waals surface area contributed by atoms with Crippen LogP contribution >= 0.6 is 0 Å². The highest BCUT2D eigenvalue weighted by Gasteiger charge is 2.63. The van der Waals surface area contributed by atoms with Crippen LogP contribution in [0.3, 0.4) is 0 Å². The van der Waals surface area contributed by atoms with Crippen molar-refractivity contribution in [2.75, 3.05) is 0 Å². The second-order valence-electron chi connectivity index (χ2n) is 11.4. The molecule has 0 radical (unpaired) electrons. The molecular formula is C29H39F3O3. The molecule has 0 aromatic heterocycles. The van der Waals surface area contributed by atoms with Crippen molar-refractivity contribution >= 4 is 0 Å². The Morgan fingerprint density at radius 3 is 2.63 bits per heavy atom. The van der Waals surface area contributed by atoms with E-state index in [1.807, 2.05) is 6.07 Å². The largest absolute Gasteiger partial charge is 0.508 e. The van der Waals surface area contributed by atoms with Crippen molar-refractivity contribution in [2.24, 2.45) is 22.7 Å². The van der Waals surface area contributed by atoms with E-state index in [4.69, 9.17) is 0 Å². The summed E-state index contributed by atoms with van der Waals surface area (Å²) in [5.74, 6) is -0.387. The van der Waals surface area contributed by atoms with Gasteiger partial charge in [-0.05, 0) is 96.8 Å². The number of phenolic OH excluding ortho intramolecular Hbond substituents is 1. The Labute approximate surface area is 206 Å². The number of aliphatic hydroxyl groups is 2. The van der Waals surface area contributed by atoms with Gasteiger partial charge in [-0.1, -0.05) is 44.7 Å². The van der Waals surface area contributed by atoms with Gasteiger partial charge in [0.25, 0.3) is 0 Å². The van der Waals surface area contributed by atoms with Crippen LogP contribution in [0.5, 0.6) is 5.75 Å².